The standard InChI is InChI=1S/C16H16Br2ClN/c1-10-3-6-14(18)13(7-10)16(20-2)8-11-4-5-12(17)9-15(11)19/h3-7,9,16,20H,8H2,1-2H3. The molecule has 0 radical (unpaired) electrons. The molecule has 0 aliphatic rings. The quantitative estimate of drug-likeness (QED) is 0.675. The lowest BCUT2D eigenvalue weighted by molar-refractivity contribution is 0.589. The van der Waals surface area contributed by atoms with E-state index in [1.807, 2.05) is 19.2 Å². The molecule has 2 rings (SSSR count). The highest BCUT2D eigenvalue weighted by molar-refractivity contribution is 9.10. The number of hydrogen-bond acceptors (Lipinski definition) is 1. The predicted molar refractivity (Wildman–Crippen MR) is 93.5 cm³/mol. The van der Waals surface area contributed by atoms with Gasteiger partial charge in [0, 0.05) is 20.0 Å². The first-order valence-corrected chi connectivity index (χ1v) is 8.35. The first-order valence-electron chi connectivity index (χ1n) is 6.38. The molecule has 0 fully saturated rings. The Morgan fingerprint density at radius 1 is 1.15 bits per heavy atom. The highest BCUT2D eigenvalue weighted by Gasteiger charge is 2.15. The molecule has 1 atom stereocenters. The van der Waals surface area contributed by atoms with Crippen LogP contribution in [0.2, 0.25) is 5.02 Å². The summed E-state index contributed by atoms with van der Waals surface area (Å²) in [5.74, 6) is 0. The fraction of sp³-hybridized carbons (Fsp3) is 0.250. The molecule has 4 heteroatoms. The summed E-state index contributed by atoms with van der Waals surface area (Å²) in [5.41, 5.74) is 3.65. The van der Waals surface area contributed by atoms with Crippen LogP contribution in [0, 0.1) is 6.92 Å². The van der Waals surface area contributed by atoms with Gasteiger partial charge in [0.1, 0.15) is 0 Å². The fourth-order valence-corrected chi connectivity index (χ4v) is 3.48. The van der Waals surface area contributed by atoms with Crippen molar-refractivity contribution in [2.75, 3.05) is 7.05 Å². The molecule has 2 aromatic rings. The predicted octanol–water partition coefficient (Wildman–Crippen LogP) is 5.68. The van der Waals surface area contributed by atoms with Gasteiger partial charge in [-0.1, -0.05) is 67.2 Å². The van der Waals surface area contributed by atoms with E-state index in [1.165, 1.54) is 11.1 Å². The lowest BCUT2D eigenvalue weighted by Crippen LogP contribution is -2.19. The summed E-state index contributed by atoms with van der Waals surface area (Å²) in [5, 5.41) is 4.17. The molecule has 1 nitrogen and oxygen atoms in total. The second-order valence-electron chi connectivity index (χ2n) is 4.81. The molecule has 0 amide bonds. The van der Waals surface area contributed by atoms with Gasteiger partial charge >= 0.3 is 0 Å². The minimum Gasteiger partial charge on any atom is -0.313 e. The van der Waals surface area contributed by atoms with Crippen LogP contribution in [0.3, 0.4) is 0 Å². The Labute approximate surface area is 142 Å². The van der Waals surface area contributed by atoms with Crippen molar-refractivity contribution in [3.63, 3.8) is 0 Å². The van der Waals surface area contributed by atoms with Gasteiger partial charge in [-0.05, 0) is 49.7 Å². The van der Waals surface area contributed by atoms with Crippen molar-refractivity contribution < 1.29 is 0 Å². The largest absolute Gasteiger partial charge is 0.313 e. The third-order valence-electron chi connectivity index (χ3n) is 3.31. The van der Waals surface area contributed by atoms with Gasteiger partial charge in [0.15, 0.2) is 0 Å². The topological polar surface area (TPSA) is 12.0 Å². The monoisotopic (exact) mass is 415 g/mol. The van der Waals surface area contributed by atoms with Gasteiger partial charge in [-0.2, -0.15) is 0 Å². The van der Waals surface area contributed by atoms with Gasteiger partial charge in [-0.15, -0.1) is 0 Å². The molecule has 0 aromatic heterocycles. The number of rotatable bonds is 4. The Morgan fingerprint density at radius 2 is 1.90 bits per heavy atom. The zero-order valence-electron chi connectivity index (χ0n) is 11.4. The first-order chi connectivity index (χ1) is 9.51. The molecule has 0 heterocycles. The van der Waals surface area contributed by atoms with Gasteiger partial charge in [0.05, 0.1) is 0 Å². The van der Waals surface area contributed by atoms with Gasteiger partial charge in [0.2, 0.25) is 0 Å². The van der Waals surface area contributed by atoms with Crippen LogP contribution in [0.15, 0.2) is 45.3 Å². The molecule has 0 aliphatic carbocycles. The maximum Gasteiger partial charge on any atom is 0.0449 e. The highest BCUT2D eigenvalue weighted by Crippen LogP contribution is 2.30. The fourth-order valence-electron chi connectivity index (χ4n) is 2.20. The van der Waals surface area contributed by atoms with E-state index in [9.17, 15) is 0 Å². The molecule has 1 N–H and O–H groups in total. The summed E-state index contributed by atoms with van der Waals surface area (Å²) in [4.78, 5) is 0. The number of likely N-dealkylation sites (N-methyl/N-ethyl adjacent to an activating group) is 1. The summed E-state index contributed by atoms with van der Waals surface area (Å²) in [7, 11) is 1.98. The van der Waals surface area contributed by atoms with Gasteiger partial charge in [-0.25, -0.2) is 0 Å². The van der Waals surface area contributed by atoms with E-state index in [4.69, 9.17) is 11.6 Å². The Balaban J connectivity index is 2.31. The number of aryl methyl sites for hydroxylation is 1. The molecule has 0 bridgehead atoms. The maximum absolute atomic E-state index is 6.32. The van der Waals surface area contributed by atoms with Crippen molar-refractivity contribution in [1.29, 1.82) is 0 Å². The Kier molecular flexibility index (Phi) is 5.67. The molecule has 106 valence electrons. The third kappa shape index (κ3) is 3.85. The van der Waals surface area contributed by atoms with E-state index in [1.54, 1.807) is 0 Å². The zero-order chi connectivity index (χ0) is 14.7. The van der Waals surface area contributed by atoms with E-state index < -0.39 is 0 Å². The zero-order valence-corrected chi connectivity index (χ0v) is 15.3. The van der Waals surface area contributed by atoms with E-state index in [0.29, 0.717) is 0 Å². The van der Waals surface area contributed by atoms with Crippen molar-refractivity contribution in [1.82, 2.24) is 5.32 Å². The van der Waals surface area contributed by atoms with Gasteiger partial charge < -0.3 is 5.32 Å². The molecule has 2 aromatic carbocycles. The molecule has 0 saturated carbocycles. The molecular formula is C16H16Br2ClN. The molecule has 0 aliphatic heterocycles. The second-order valence-corrected chi connectivity index (χ2v) is 6.98. The lowest BCUT2D eigenvalue weighted by Gasteiger charge is -2.19. The third-order valence-corrected chi connectivity index (χ3v) is 4.88. The highest BCUT2D eigenvalue weighted by atomic mass is 79.9. The summed E-state index contributed by atoms with van der Waals surface area (Å²) in [6.07, 6.45) is 0.852. The van der Waals surface area contributed by atoms with E-state index in [0.717, 1.165) is 26.0 Å². The molecule has 20 heavy (non-hydrogen) atoms. The normalized spacial score (nSPS) is 12.4. The van der Waals surface area contributed by atoms with E-state index >= 15 is 0 Å². The summed E-state index contributed by atoms with van der Waals surface area (Å²) >= 11 is 13.4. The molecule has 1 unspecified atom stereocenters. The SMILES string of the molecule is CNC(Cc1ccc(Br)cc1Cl)c1cc(C)ccc1Br. The lowest BCUT2D eigenvalue weighted by atomic mass is 9.97. The van der Waals surface area contributed by atoms with Gasteiger partial charge in [0.25, 0.3) is 0 Å². The van der Waals surface area contributed by atoms with Crippen LogP contribution < -0.4 is 5.32 Å². The smallest absolute Gasteiger partial charge is 0.0449 e. The second kappa shape index (κ2) is 7.08. The van der Waals surface area contributed by atoms with Crippen LogP contribution in [-0.2, 0) is 6.42 Å². The first kappa shape index (κ1) is 16.0. The van der Waals surface area contributed by atoms with E-state index in [2.05, 4.69) is 68.4 Å². The van der Waals surface area contributed by atoms with Crippen LogP contribution in [0.25, 0.3) is 0 Å². The average molecular weight is 418 g/mol. The number of nitrogens with one attached hydrogen (secondary N) is 1. The summed E-state index contributed by atoms with van der Waals surface area (Å²) in [6.45, 7) is 2.11. The maximum atomic E-state index is 6.32. The molecular weight excluding hydrogens is 401 g/mol. The Bertz CT molecular complexity index is 613. The summed E-state index contributed by atoms with van der Waals surface area (Å²) in [6, 6.07) is 12.7. The summed E-state index contributed by atoms with van der Waals surface area (Å²) < 4.78 is 2.12. The minimum atomic E-state index is 0.225. The number of halogens is 3. The number of benzene rings is 2. The number of hydrogen-bond donors (Lipinski definition) is 1. The van der Waals surface area contributed by atoms with E-state index in [-0.39, 0.29) is 6.04 Å². The minimum absolute atomic E-state index is 0.225. The van der Waals surface area contributed by atoms with Crippen molar-refractivity contribution in [3.05, 3.63) is 67.1 Å². The van der Waals surface area contributed by atoms with Gasteiger partial charge in [-0.3, -0.25) is 0 Å². The Morgan fingerprint density at radius 3 is 2.55 bits per heavy atom. The van der Waals surface area contributed by atoms with Crippen molar-refractivity contribution >= 4 is 43.5 Å². The van der Waals surface area contributed by atoms with Crippen molar-refractivity contribution in [2.24, 2.45) is 0 Å². The van der Waals surface area contributed by atoms with Crippen LogP contribution in [-0.4, -0.2) is 7.05 Å². The molecule has 0 saturated heterocycles. The average Bonchev–Trinajstić information content (AvgIpc) is 2.41. The van der Waals surface area contributed by atoms with Crippen LogP contribution >= 0.6 is 43.5 Å². The molecule has 0 spiro atoms. The van der Waals surface area contributed by atoms with Crippen LogP contribution in [0.5, 0.6) is 0 Å². The van der Waals surface area contributed by atoms with Crippen LogP contribution in [0.4, 0.5) is 0 Å². The van der Waals surface area contributed by atoms with Crippen LogP contribution in [0.1, 0.15) is 22.7 Å². The Hall–Kier alpha value is -0.350. The van der Waals surface area contributed by atoms with Crippen molar-refractivity contribution in [2.45, 2.75) is 19.4 Å². The van der Waals surface area contributed by atoms with Crippen molar-refractivity contribution in [3.8, 4) is 0 Å².